The molecule has 5 heteroatoms. The Labute approximate surface area is 124 Å². The van der Waals surface area contributed by atoms with E-state index in [0.29, 0.717) is 0 Å². The second kappa shape index (κ2) is 5.54. The van der Waals surface area contributed by atoms with Gasteiger partial charge in [-0.05, 0) is 12.5 Å². The maximum absolute atomic E-state index is 6.16. The number of hydrogen-bond donors (Lipinski definition) is 1. The summed E-state index contributed by atoms with van der Waals surface area (Å²) in [4.78, 5) is 0. The summed E-state index contributed by atoms with van der Waals surface area (Å²) in [5.74, 6) is 0. The summed E-state index contributed by atoms with van der Waals surface area (Å²) in [6.07, 6.45) is 7.74. The fourth-order valence-electron chi connectivity index (χ4n) is 2.56. The van der Waals surface area contributed by atoms with Crippen LogP contribution in [0.3, 0.4) is 0 Å². The molecule has 3 aromatic rings. The van der Waals surface area contributed by atoms with E-state index in [9.17, 15) is 0 Å². The molecule has 0 saturated heterocycles. The summed E-state index contributed by atoms with van der Waals surface area (Å²) < 4.78 is 3.70. The molecule has 0 bridgehead atoms. The van der Waals surface area contributed by atoms with Gasteiger partial charge < -0.3 is 5.73 Å². The van der Waals surface area contributed by atoms with Gasteiger partial charge in [0.25, 0.3) is 0 Å². The van der Waals surface area contributed by atoms with Crippen LogP contribution in [-0.2, 0) is 7.05 Å². The van der Waals surface area contributed by atoms with Crippen LogP contribution < -0.4 is 5.73 Å². The maximum atomic E-state index is 6.16. The normalized spacial score (nSPS) is 14.0. The lowest BCUT2D eigenvalue weighted by Gasteiger charge is -2.19. The molecule has 2 aromatic heterocycles. The molecular formula is C16H19N5. The van der Waals surface area contributed by atoms with Gasteiger partial charge in [0.1, 0.15) is 0 Å². The van der Waals surface area contributed by atoms with Gasteiger partial charge in [-0.2, -0.15) is 10.2 Å². The zero-order valence-electron chi connectivity index (χ0n) is 12.2. The molecule has 1 aromatic carbocycles. The van der Waals surface area contributed by atoms with Crippen molar-refractivity contribution in [3.63, 3.8) is 0 Å². The molecular weight excluding hydrogens is 262 g/mol. The lowest BCUT2D eigenvalue weighted by Crippen LogP contribution is -2.30. The first-order valence-electron chi connectivity index (χ1n) is 6.99. The van der Waals surface area contributed by atoms with Gasteiger partial charge in [-0.15, -0.1) is 0 Å². The fraction of sp³-hybridized carbons (Fsp3) is 0.250. The van der Waals surface area contributed by atoms with Gasteiger partial charge in [-0.1, -0.05) is 30.3 Å². The van der Waals surface area contributed by atoms with Crippen molar-refractivity contribution in [1.82, 2.24) is 19.6 Å². The Morgan fingerprint density at radius 1 is 1.00 bits per heavy atom. The van der Waals surface area contributed by atoms with E-state index in [-0.39, 0.29) is 12.1 Å². The maximum Gasteiger partial charge on any atom is 0.0946 e. The highest BCUT2D eigenvalue weighted by Crippen LogP contribution is 2.24. The van der Waals surface area contributed by atoms with E-state index in [2.05, 4.69) is 22.3 Å². The predicted molar refractivity (Wildman–Crippen MR) is 82.7 cm³/mol. The highest BCUT2D eigenvalue weighted by molar-refractivity contribution is 5.61. The van der Waals surface area contributed by atoms with E-state index in [4.69, 9.17) is 5.73 Å². The molecule has 0 amide bonds. The largest absolute Gasteiger partial charge is 0.326 e. The zero-order chi connectivity index (χ0) is 14.8. The van der Waals surface area contributed by atoms with E-state index in [1.807, 2.05) is 61.6 Å². The summed E-state index contributed by atoms with van der Waals surface area (Å²) in [6.45, 7) is 1.99. The Hall–Kier alpha value is -2.40. The van der Waals surface area contributed by atoms with E-state index >= 15 is 0 Å². The predicted octanol–water partition coefficient (Wildman–Crippen LogP) is 2.22. The lowest BCUT2D eigenvalue weighted by atomic mass is 10.1. The van der Waals surface area contributed by atoms with Gasteiger partial charge in [0, 0.05) is 36.6 Å². The first-order valence-corrected chi connectivity index (χ1v) is 6.99. The van der Waals surface area contributed by atoms with E-state index in [1.165, 1.54) is 0 Å². The summed E-state index contributed by atoms with van der Waals surface area (Å²) in [7, 11) is 1.90. The molecule has 0 spiro atoms. The molecule has 108 valence electrons. The summed E-state index contributed by atoms with van der Waals surface area (Å²) in [5.41, 5.74) is 9.46. The van der Waals surface area contributed by atoms with Crippen molar-refractivity contribution in [3.8, 4) is 11.1 Å². The Morgan fingerprint density at radius 3 is 2.38 bits per heavy atom. The molecule has 5 nitrogen and oxygen atoms in total. The van der Waals surface area contributed by atoms with Crippen molar-refractivity contribution >= 4 is 0 Å². The molecule has 0 saturated carbocycles. The number of nitrogens with zero attached hydrogens (tertiary/aromatic N) is 4. The van der Waals surface area contributed by atoms with E-state index in [1.54, 1.807) is 4.68 Å². The van der Waals surface area contributed by atoms with E-state index in [0.717, 1.165) is 16.7 Å². The Kier molecular flexibility index (Phi) is 3.58. The van der Waals surface area contributed by atoms with Crippen LogP contribution in [0.2, 0.25) is 0 Å². The highest BCUT2D eigenvalue weighted by Gasteiger charge is 2.21. The van der Waals surface area contributed by atoms with Crippen LogP contribution in [0.4, 0.5) is 0 Å². The van der Waals surface area contributed by atoms with Crippen molar-refractivity contribution in [2.24, 2.45) is 12.8 Å². The molecule has 0 aliphatic heterocycles. The van der Waals surface area contributed by atoms with Crippen LogP contribution in [0.15, 0.2) is 55.1 Å². The molecule has 2 atom stereocenters. The van der Waals surface area contributed by atoms with Gasteiger partial charge in [0.2, 0.25) is 0 Å². The summed E-state index contributed by atoms with van der Waals surface area (Å²) >= 11 is 0. The molecule has 2 N–H and O–H groups in total. The molecule has 2 unspecified atom stereocenters. The third-order valence-corrected chi connectivity index (χ3v) is 3.56. The van der Waals surface area contributed by atoms with Crippen molar-refractivity contribution in [1.29, 1.82) is 0 Å². The van der Waals surface area contributed by atoms with E-state index < -0.39 is 0 Å². The standard InChI is InChI=1S/C16H19N5/c1-12(17)16(15-9-18-20(2)10-15)21-11-14(8-19-21)13-6-4-3-5-7-13/h3-12,16H,17H2,1-2H3. The second-order valence-corrected chi connectivity index (χ2v) is 5.33. The monoisotopic (exact) mass is 281 g/mol. The number of nitrogens with two attached hydrogens (primary N) is 1. The quantitative estimate of drug-likeness (QED) is 0.797. The third kappa shape index (κ3) is 2.73. The van der Waals surface area contributed by atoms with Crippen molar-refractivity contribution in [3.05, 3.63) is 60.7 Å². The third-order valence-electron chi connectivity index (χ3n) is 3.56. The van der Waals surface area contributed by atoms with Crippen LogP contribution in [-0.4, -0.2) is 25.6 Å². The number of aromatic nitrogens is 4. The summed E-state index contributed by atoms with van der Waals surface area (Å²) in [5, 5.41) is 8.73. The SMILES string of the molecule is CC(N)C(c1cnn(C)c1)n1cc(-c2ccccc2)cn1. The second-order valence-electron chi connectivity index (χ2n) is 5.33. The number of aryl methyl sites for hydroxylation is 1. The van der Waals surface area contributed by atoms with Crippen LogP contribution in [0, 0.1) is 0 Å². The molecule has 0 fully saturated rings. The smallest absolute Gasteiger partial charge is 0.0946 e. The van der Waals surface area contributed by atoms with Crippen LogP contribution in [0.5, 0.6) is 0 Å². The van der Waals surface area contributed by atoms with Gasteiger partial charge in [-0.25, -0.2) is 0 Å². The highest BCUT2D eigenvalue weighted by atomic mass is 15.3. The fourth-order valence-corrected chi connectivity index (χ4v) is 2.56. The Bertz CT molecular complexity index is 711. The molecule has 21 heavy (non-hydrogen) atoms. The first kappa shape index (κ1) is 13.6. The molecule has 0 aliphatic rings. The number of hydrogen-bond acceptors (Lipinski definition) is 3. The average Bonchev–Trinajstić information content (AvgIpc) is 3.10. The Balaban J connectivity index is 1.96. The molecule has 2 heterocycles. The number of rotatable bonds is 4. The lowest BCUT2D eigenvalue weighted by molar-refractivity contribution is 0.454. The minimum atomic E-state index is -0.0577. The average molecular weight is 281 g/mol. The van der Waals surface area contributed by atoms with Gasteiger partial charge >= 0.3 is 0 Å². The van der Waals surface area contributed by atoms with Crippen molar-refractivity contribution in [2.75, 3.05) is 0 Å². The summed E-state index contributed by atoms with van der Waals surface area (Å²) in [6, 6.07) is 10.1. The zero-order valence-corrected chi connectivity index (χ0v) is 12.2. The Morgan fingerprint density at radius 2 is 1.76 bits per heavy atom. The molecule has 0 aliphatic carbocycles. The van der Waals surface area contributed by atoms with Crippen molar-refractivity contribution in [2.45, 2.75) is 19.0 Å². The van der Waals surface area contributed by atoms with Gasteiger partial charge in [0.15, 0.2) is 0 Å². The minimum Gasteiger partial charge on any atom is -0.326 e. The van der Waals surface area contributed by atoms with Gasteiger partial charge in [0.05, 0.1) is 18.4 Å². The number of benzene rings is 1. The molecule has 0 radical (unpaired) electrons. The van der Waals surface area contributed by atoms with Crippen LogP contribution >= 0.6 is 0 Å². The minimum absolute atomic E-state index is 0.0174. The van der Waals surface area contributed by atoms with Crippen LogP contribution in [0.1, 0.15) is 18.5 Å². The molecule has 3 rings (SSSR count). The topological polar surface area (TPSA) is 61.7 Å². The first-order chi connectivity index (χ1) is 10.1. The van der Waals surface area contributed by atoms with Crippen molar-refractivity contribution < 1.29 is 0 Å². The van der Waals surface area contributed by atoms with Crippen LogP contribution in [0.25, 0.3) is 11.1 Å². The van der Waals surface area contributed by atoms with Gasteiger partial charge in [-0.3, -0.25) is 9.36 Å².